The number of hydrogen-bond donors (Lipinski definition) is 1. The van der Waals surface area contributed by atoms with Gasteiger partial charge in [-0.05, 0) is 54.7 Å². The third kappa shape index (κ3) is 3.60. The molecule has 1 aromatic rings. The van der Waals surface area contributed by atoms with Gasteiger partial charge in [-0.1, -0.05) is 38.3 Å². The summed E-state index contributed by atoms with van der Waals surface area (Å²) in [6.07, 6.45) is 9.71. The van der Waals surface area contributed by atoms with Crippen LogP contribution in [0.3, 0.4) is 0 Å². The Kier molecular flexibility index (Phi) is 4.54. The van der Waals surface area contributed by atoms with E-state index in [-0.39, 0.29) is 0 Å². The molecule has 0 aromatic heterocycles. The fraction of sp³-hybridized carbons (Fsp3) is 0.684. The lowest BCUT2D eigenvalue weighted by molar-refractivity contribution is 0.178. The maximum atomic E-state index is 5.23. The van der Waals surface area contributed by atoms with Gasteiger partial charge in [0.25, 0.3) is 0 Å². The second-order valence-electron chi connectivity index (χ2n) is 7.39. The standard InChI is InChI=1S/C19H29NO/c1-19(10-4-3-5-11-19)14-20-17-12-16(13-17)15-6-8-18(21-2)9-7-15/h6-9,16-17,20H,3-5,10-14H2,1-2H3. The van der Waals surface area contributed by atoms with E-state index in [9.17, 15) is 0 Å². The largest absolute Gasteiger partial charge is 0.497 e. The molecule has 2 heteroatoms. The molecule has 0 heterocycles. The first kappa shape index (κ1) is 14.9. The van der Waals surface area contributed by atoms with Crippen LogP contribution in [-0.2, 0) is 0 Å². The van der Waals surface area contributed by atoms with Gasteiger partial charge in [0.05, 0.1) is 7.11 Å². The molecule has 2 saturated carbocycles. The van der Waals surface area contributed by atoms with Crippen LogP contribution in [0.15, 0.2) is 24.3 Å². The average molecular weight is 287 g/mol. The van der Waals surface area contributed by atoms with Gasteiger partial charge in [0.15, 0.2) is 0 Å². The Morgan fingerprint density at radius 1 is 1.10 bits per heavy atom. The highest BCUT2D eigenvalue weighted by atomic mass is 16.5. The van der Waals surface area contributed by atoms with Gasteiger partial charge in [0.2, 0.25) is 0 Å². The number of benzene rings is 1. The van der Waals surface area contributed by atoms with Crippen LogP contribution in [-0.4, -0.2) is 19.7 Å². The van der Waals surface area contributed by atoms with Crippen molar-refractivity contribution in [1.82, 2.24) is 5.32 Å². The average Bonchev–Trinajstić information content (AvgIpc) is 2.47. The Hall–Kier alpha value is -1.02. The summed E-state index contributed by atoms with van der Waals surface area (Å²) in [5.41, 5.74) is 2.03. The van der Waals surface area contributed by atoms with Gasteiger partial charge in [0, 0.05) is 12.6 Å². The van der Waals surface area contributed by atoms with Crippen molar-refractivity contribution >= 4 is 0 Å². The van der Waals surface area contributed by atoms with Gasteiger partial charge in [-0.15, -0.1) is 0 Å². The van der Waals surface area contributed by atoms with E-state index in [2.05, 4.69) is 36.5 Å². The molecule has 0 bridgehead atoms. The molecule has 0 radical (unpaired) electrons. The molecule has 2 aliphatic rings. The predicted octanol–water partition coefficient (Wildman–Crippen LogP) is 4.50. The summed E-state index contributed by atoms with van der Waals surface area (Å²) < 4.78 is 5.23. The predicted molar refractivity (Wildman–Crippen MR) is 88.0 cm³/mol. The minimum atomic E-state index is 0.559. The molecule has 21 heavy (non-hydrogen) atoms. The summed E-state index contributed by atoms with van der Waals surface area (Å²) in [7, 11) is 1.73. The SMILES string of the molecule is COc1ccc(C2CC(NCC3(C)CCCCC3)C2)cc1. The maximum absolute atomic E-state index is 5.23. The summed E-state index contributed by atoms with van der Waals surface area (Å²) >= 11 is 0. The third-order valence-electron chi connectivity index (χ3n) is 5.60. The zero-order valence-corrected chi connectivity index (χ0v) is 13.5. The summed E-state index contributed by atoms with van der Waals surface area (Å²) in [5, 5.41) is 3.83. The van der Waals surface area contributed by atoms with Gasteiger partial charge in [0.1, 0.15) is 5.75 Å². The molecule has 3 rings (SSSR count). The number of nitrogens with one attached hydrogen (secondary N) is 1. The van der Waals surface area contributed by atoms with Crippen molar-refractivity contribution in [2.75, 3.05) is 13.7 Å². The fourth-order valence-electron chi connectivity index (χ4n) is 3.91. The van der Waals surface area contributed by atoms with E-state index < -0.39 is 0 Å². The first-order valence-corrected chi connectivity index (χ1v) is 8.56. The molecule has 0 atom stereocenters. The maximum Gasteiger partial charge on any atom is 0.118 e. The van der Waals surface area contributed by atoms with Crippen LogP contribution < -0.4 is 10.1 Å². The highest BCUT2D eigenvalue weighted by molar-refractivity contribution is 5.30. The van der Waals surface area contributed by atoms with Crippen LogP contribution in [0, 0.1) is 5.41 Å². The Morgan fingerprint density at radius 2 is 1.76 bits per heavy atom. The van der Waals surface area contributed by atoms with Crippen LogP contribution >= 0.6 is 0 Å². The minimum Gasteiger partial charge on any atom is -0.497 e. The summed E-state index contributed by atoms with van der Waals surface area (Å²) in [6.45, 7) is 3.69. The van der Waals surface area contributed by atoms with Crippen molar-refractivity contribution in [1.29, 1.82) is 0 Å². The molecule has 1 aromatic carbocycles. The lowest BCUT2D eigenvalue weighted by Gasteiger charge is -2.40. The first-order chi connectivity index (χ1) is 10.2. The number of hydrogen-bond acceptors (Lipinski definition) is 2. The third-order valence-corrected chi connectivity index (χ3v) is 5.60. The van der Waals surface area contributed by atoms with E-state index in [0.29, 0.717) is 5.41 Å². The van der Waals surface area contributed by atoms with Gasteiger partial charge in [-0.3, -0.25) is 0 Å². The normalized spacial score (nSPS) is 27.9. The molecule has 0 unspecified atom stereocenters. The molecule has 1 N–H and O–H groups in total. The molecular formula is C19H29NO. The van der Waals surface area contributed by atoms with E-state index in [0.717, 1.165) is 17.7 Å². The van der Waals surface area contributed by atoms with Crippen molar-refractivity contribution in [3.8, 4) is 5.75 Å². The fourth-order valence-corrected chi connectivity index (χ4v) is 3.91. The van der Waals surface area contributed by atoms with Crippen LogP contribution in [0.25, 0.3) is 0 Å². The summed E-state index contributed by atoms with van der Waals surface area (Å²) in [4.78, 5) is 0. The topological polar surface area (TPSA) is 21.3 Å². The van der Waals surface area contributed by atoms with Crippen molar-refractivity contribution in [2.45, 2.75) is 63.8 Å². The van der Waals surface area contributed by atoms with Crippen molar-refractivity contribution in [2.24, 2.45) is 5.41 Å². The highest BCUT2D eigenvalue weighted by Gasteiger charge is 2.33. The minimum absolute atomic E-state index is 0.559. The number of ether oxygens (including phenoxy) is 1. The first-order valence-electron chi connectivity index (χ1n) is 8.56. The molecule has 2 fully saturated rings. The molecular weight excluding hydrogens is 258 g/mol. The highest BCUT2D eigenvalue weighted by Crippen LogP contribution is 2.39. The second-order valence-corrected chi connectivity index (χ2v) is 7.39. The Labute approximate surface area is 129 Å². The van der Waals surface area contributed by atoms with E-state index in [1.807, 2.05) is 0 Å². The Bertz CT molecular complexity index is 441. The second kappa shape index (κ2) is 6.39. The van der Waals surface area contributed by atoms with Crippen LogP contribution in [0.5, 0.6) is 5.75 Å². The zero-order valence-electron chi connectivity index (χ0n) is 13.5. The van der Waals surface area contributed by atoms with Crippen LogP contribution in [0.1, 0.15) is 63.4 Å². The summed E-state index contributed by atoms with van der Waals surface area (Å²) in [5.74, 6) is 1.70. The molecule has 0 saturated heterocycles. The van der Waals surface area contributed by atoms with Gasteiger partial charge < -0.3 is 10.1 Å². The molecule has 2 aliphatic carbocycles. The molecule has 2 nitrogen and oxygen atoms in total. The van der Waals surface area contributed by atoms with Crippen LogP contribution in [0.2, 0.25) is 0 Å². The van der Waals surface area contributed by atoms with Crippen molar-refractivity contribution in [3.63, 3.8) is 0 Å². The molecule has 0 aliphatic heterocycles. The van der Waals surface area contributed by atoms with Gasteiger partial charge in [-0.25, -0.2) is 0 Å². The number of rotatable bonds is 5. The zero-order chi connectivity index (χ0) is 14.7. The van der Waals surface area contributed by atoms with Gasteiger partial charge in [-0.2, -0.15) is 0 Å². The van der Waals surface area contributed by atoms with E-state index in [4.69, 9.17) is 4.74 Å². The van der Waals surface area contributed by atoms with E-state index in [1.165, 1.54) is 57.1 Å². The molecule has 116 valence electrons. The van der Waals surface area contributed by atoms with E-state index >= 15 is 0 Å². The lowest BCUT2D eigenvalue weighted by atomic mass is 9.73. The Balaban J connectivity index is 1.43. The van der Waals surface area contributed by atoms with Gasteiger partial charge >= 0.3 is 0 Å². The number of methoxy groups -OCH3 is 1. The van der Waals surface area contributed by atoms with Crippen molar-refractivity contribution < 1.29 is 4.74 Å². The lowest BCUT2D eigenvalue weighted by Crippen LogP contribution is -2.45. The van der Waals surface area contributed by atoms with Crippen LogP contribution in [0.4, 0.5) is 0 Å². The van der Waals surface area contributed by atoms with Crippen molar-refractivity contribution in [3.05, 3.63) is 29.8 Å². The monoisotopic (exact) mass is 287 g/mol. The molecule has 0 amide bonds. The Morgan fingerprint density at radius 3 is 2.38 bits per heavy atom. The smallest absolute Gasteiger partial charge is 0.118 e. The van der Waals surface area contributed by atoms with E-state index in [1.54, 1.807) is 7.11 Å². The summed E-state index contributed by atoms with van der Waals surface area (Å²) in [6, 6.07) is 9.35. The quantitative estimate of drug-likeness (QED) is 0.861. The molecule has 0 spiro atoms.